The summed E-state index contributed by atoms with van der Waals surface area (Å²) in [6.45, 7) is 3.07. The van der Waals surface area contributed by atoms with Gasteiger partial charge in [0.15, 0.2) is 0 Å². The summed E-state index contributed by atoms with van der Waals surface area (Å²) >= 11 is 0. The first kappa shape index (κ1) is 29.9. The number of fused-ring (bicyclic) bond motifs is 2. The van der Waals surface area contributed by atoms with Crippen molar-refractivity contribution >= 4 is 16.7 Å². The van der Waals surface area contributed by atoms with Crippen LogP contribution in [0.5, 0.6) is 5.88 Å². The normalized spacial score (nSPS) is 15.3. The van der Waals surface area contributed by atoms with Gasteiger partial charge in [-0.25, -0.2) is 9.37 Å². The van der Waals surface area contributed by atoms with Crippen LogP contribution in [0.4, 0.5) is 4.39 Å². The first-order chi connectivity index (χ1) is 20.5. The zero-order valence-corrected chi connectivity index (χ0v) is 23.9. The number of halogens is 1. The SMILES string of the molecule is C.COc1cccc(CN(Cc2ccccc2F)C(=O)[C@H](C)N2CCc3ccccc3[C@@H]2c2cccc3ccccc23)n1. The molecule has 1 amide bonds. The molecule has 0 spiro atoms. The van der Waals surface area contributed by atoms with E-state index in [1.807, 2.05) is 19.1 Å². The van der Waals surface area contributed by atoms with Crippen LogP contribution in [-0.4, -0.2) is 40.4 Å². The van der Waals surface area contributed by atoms with Gasteiger partial charge in [0.1, 0.15) is 5.82 Å². The van der Waals surface area contributed by atoms with E-state index in [-0.39, 0.29) is 38.3 Å². The van der Waals surface area contributed by atoms with Gasteiger partial charge in [-0.2, -0.15) is 0 Å². The molecule has 1 aliphatic heterocycles. The van der Waals surface area contributed by atoms with Crippen LogP contribution in [0.1, 0.15) is 48.3 Å². The quantitative estimate of drug-likeness (QED) is 0.191. The molecule has 2 heterocycles. The Morgan fingerprint density at radius 3 is 2.44 bits per heavy atom. The number of ether oxygens (including phenoxy) is 1. The van der Waals surface area contributed by atoms with Crippen molar-refractivity contribution in [2.45, 2.75) is 45.9 Å². The second kappa shape index (κ2) is 13.2. The Kier molecular flexibility index (Phi) is 9.17. The number of pyridine rings is 1. The van der Waals surface area contributed by atoms with Crippen LogP contribution < -0.4 is 4.74 Å². The topological polar surface area (TPSA) is 45.7 Å². The van der Waals surface area contributed by atoms with E-state index in [4.69, 9.17) is 4.74 Å². The largest absolute Gasteiger partial charge is 0.481 e. The number of methoxy groups -OCH3 is 1. The van der Waals surface area contributed by atoms with Gasteiger partial charge in [-0.15, -0.1) is 0 Å². The van der Waals surface area contributed by atoms with Crippen molar-refractivity contribution in [2.75, 3.05) is 13.7 Å². The molecule has 0 saturated carbocycles. The molecule has 1 aliphatic rings. The van der Waals surface area contributed by atoms with Crippen molar-refractivity contribution in [3.63, 3.8) is 0 Å². The molecule has 0 radical (unpaired) electrons. The minimum Gasteiger partial charge on any atom is -0.481 e. The molecule has 43 heavy (non-hydrogen) atoms. The van der Waals surface area contributed by atoms with Gasteiger partial charge < -0.3 is 9.64 Å². The van der Waals surface area contributed by atoms with E-state index in [1.165, 1.54) is 33.5 Å². The summed E-state index contributed by atoms with van der Waals surface area (Å²) in [4.78, 5) is 23.0. The summed E-state index contributed by atoms with van der Waals surface area (Å²) in [6, 6.07) is 34.9. The van der Waals surface area contributed by atoms with Gasteiger partial charge in [-0.3, -0.25) is 9.69 Å². The van der Waals surface area contributed by atoms with Crippen LogP contribution in [0.2, 0.25) is 0 Å². The van der Waals surface area contributed by atoms with E-state index < -0.39 is 6.04 Å². The third kappa shape index (κ3) is 6.15. The molecule has 0 bridgehead atoms. The summed E-state index contributed by atoms with van der Waals surface area (Å²) < 4.78 is 20.2. The summed E-state index contributed by atoms with van der Waals surface area (Å²) in [5.41, 5.74) is 4.84. The molecule has 0 saturated heterocycles. The number of hydrogen-bond acceptors (Lipinski definition) is 4. The third-order valence-electron chi connectivity index (χ3n) is 8.27. The number of hydrogen-bond donors (Lipinski definition) is 0. The Morgan fingerprint density at radius 2 is 1.60 bits per heavy atom. The zero-order chi connectivity index (χ0) is 29.1. The van der Waals surface area contributed by atoms with Gasteiger partial charge in [0.2, 0.25) is 11.8 Å². The van der Waals surface area contributed by atoms with Crippen molar-refractivity contribution in [1.29, 1.82) is 0 Å². The number of carbonyl (C=O) groups is 1. The molecule has 6 rings (SSSR count). The molecule has 5 nitrogen and oxygen atoms in total. The van der Waals surface area contributed by atoms with Gasteiger partial charge in [0.05, 0.1) is 31.4 Å². The monoisotopic (exact) mass is 575 g/mol. The van der Waals surface area contributed by atoms with Crippen LogP contribution in [0.25, 0.3) is 10.8 Å². The highest BCUT2D eigenvalue weighted by Gasteiger charge is 2.37. The van der Waals surface area contributed by atoms with Crippen LogP contribution in [0, 0.1) is 5.82 Å². The fourth-order valence-electron chi connectivity index (χ4n) is 6.14. The van der Waals surface area contributed by atoms with Crippen LogP contribution >= 0.6 is 0 Å². The van der Waals surface area contributed by atoms with Gasteiger partial charge >= 0.3 is 0 Å². The van der Waals surface area contributed by atoms with E-state index in [0.29, 0.717) is 17.1 Å². The van der Waals surface area contributed by atoms with Crippen molar-refractivity contribution in [2.24, 2.45) is 0 Å². The summed E-state index contributed by atoms with van der Waals surface area (Å²) in [5, 5.41) is 2.34. The van der Waals surface area contributed by atoms with Crippen molar-refractivity contribution in [3.8, 4) is 5.88 Å². The summed E-state index contributed by atoms with van der Waals surface area (Å²) in [7, 11) is 1.57. The van der Waals surface area contributed by atoms with Gasteiger partial charge in [0.25, 0.3) is 0 Å². The molecule has 6 heteroatoms. The minimum atomic E-state index is -0.472. The number of benzene rings is 4. The predicted molar refractivity (Wildman–Crippen MR) is 170 cm³/mol. The Morgan fingerprint density at radius 1 is 0.907 bits per heavy atom. The molecule has 0 aliphatic carbocycles. The average Bonchev–Trinajstić information content (AvgIpc) is 3.04. The second-order valence-electron chi connectivity index (χ2n) is 10.8. The minimum absolute atomic E-state index is 0. The van der Waals surface area contributed by atoms with E-state index in [1.54, 1.807) is 36.3 Å². The molecule has 0 N–H and O–H groups in total. The molecule has 0 fully saturated rings. The maximum absolute atomic E-state index is 14.8. The number of carbonyl (C=O) groups excluding carboxylic acids is 1. The maximum Gasteiger partial charge on any atom is 0.240 e. The lowest BCUT2D eigenvalue weighted by atomic mass is 9.85. The Bertz CT molecular complexity index is 1720. The van der Waals surface area contributed by atoms with Crippen LogP contribution in [0.15, 0.2) is 109 Å². The molecule has 2 atom stereocenters. The highest BCUT2D eigenvalue weighted by atomic mass is 19.1. The van der Waals surface area contributed by atoms with Gasteiger partial charge in [-0.1, -0.05) is 98.4 Å². The number of nitrogens with zero attached hydrogens (tertiary/aromatic N) is 3. The standard InChI is InChI=1S/C36H34FN3O2.CH4/c1-25(36(41)39(23-28-13-5-8-19-33(28)37)24-29-15-10-20-34(38-29)42-2)40-22-21-27-12-4-7-17-31(27)35(40)32-18-9-14-26-11-3-6-16-30(26)32;/h3-20,25,35H,21-24H2,1-2H3;1H4/t25-,35+;/m0./s1. The highest BCUT2D eigenvalue weighted by Crippen LogP contribution is 2.39. The smallest absolute Gasteiger partial charge is 0.240 e. The highest BCUT2D eigenvalue weighted by molar-refractivity contribution is 5.87. The third-order valence-corrected chi connectivity index (χ3v) is 8.27. The molecular formula is C37H38FN3O2. The molecular weight excluding hydrogens is 537 g/mol. The van der Waals surface area contributed by atoms with E-state index in [2.05, 4.69) is 76.6 Å². The van der Waals surface area contributed by atoms with Crippen LogP contribution in [0.3, 0.4) is 0 Å². The molecule has 5 aromatic rings. The van der Waals surface area contributed by atoms with E-state index >= 15 is 0 Å². The second-order valence-corrected chi connectivity index (χ2v) is 10.8. The fraction of sp³-hybridized carbons (Fsp3) is 0.243. The Hall–Kier alpha value is -4.55. The van der Waals surface area contributed by atoms with Crippen molar-refractivity contribution in [3.05, 3.63) is 143 Å². The Labute approximate surface area is 253 Å². The first-order valence-electron chi connectivity index (χ1n) is 14.4. The lowest BCUT2D eigenvalue weighted by Crippen LogP contribution is -2.50. The molecule has 1 aromatic heterocycles. The average molecular weight is 576 g/mol. The lowest BCUT2D eigenvalue weighted by Gasteiger charge is -2.42. The van der Waals surface area contributed by atoms with Crippen molar-refractivity contribution in [1.82, 2.24) is 14.8 Å². The Balaban J connectivity index is 0.00000368. The zero-order valence-electron chi connectivity index (χ0n) is 23.9. The molecule has 4 aromatic carbocycles. The fourth-order valence-corrected chi connectivity index (χ4v) is 6.14. The number of aromatic nitrogens is 1. The van der Waals surface area contributed by atoms with E-state index in [0.717, 1.165) is 13.0 Å². The van der Waals surface area contributed by atoms with E-state index in [9.17, 15) is 9.18 Å². The van der Waals surface area contributed by atoms with Crippen molar-refractivity contribution < 1.29 is 13.9 Å². The number of amides is 1. The van der Waals surface area contributed by atoms with Gasteiger partial charge in [0, 0.05) is 24.7 Å². The molecule has 0 unspecified atom stereocenters. The van der Waals surface area contributed by atoms with Gasteiger partial charge in [-0.05, 0) is 52.9 Å². The maximum atomic E-state index is 14.8. The molecule has 220 valence electrons. The lowest BCUT2D eigenvalue weighted by molar-refractivity contribution is -0.138. The summed E-state index contributed by atoms with van der Waals surface area (Å²) in [5.74, 6) is 0.0667. The predicted octanol–water partition coefficient (Wildman–Crippen LogP) is 7.58. The first-order valence-corrected chi connectivity index (χ1v) is 14.4. The number of rotatable bonds is 8. The summed E-state index contributed by atoms with van der Waals surface area (Å²) in [6.07, 6.45) is 0.847. The van der Waals surface area contributed by atoms with Crippen LogP contribution in [-0.2, 0) is 24.3 Å².